The Kier molecular flexibility index (Phi) is 4.94. The molecule has 0 aromatic heterocycles. The summed E-state index contributed by atoms with van der Waals surface area (Å²) >= 11 is 0. The van der Waals surface area contributed by atoms with Crippen molar-refractivity contribution in [2.75, 3.05) is 0 Å². The average molecular weight is 553 g/mol. The zero-order valence-corrected chi connectivity index (χ0v) is 26.4. The molecule has 0 unspecified atom stereocenters. The fraction of sp³-hybridized carbons (Fsp3) is 0.850. The molecular weight excluding hydrogens is 496 g/mol. The lowest BCUT2D eigenvalue weighted by Gasteiger charge is -2.64. The van der Waals surface area contributed by atoms with Gasteiger partial charge in [0.15, 0.2) is 0 Å². The van der Waals surface area contributed by atoms with Crippen LogP contribution in [0.3, 0.4) is 0 Å². The van der Waals surface area contributed by atoms with E-state index < -0.39 is 0 Å². The molecule has 12 aliphatic carbocycles. The summed E-state index contributed by atoms with van der Waals surface area (Å²) in [6.07, 6.45) is 26.7. The smallest absolute Gasteiger partial charge is 0.119 e. The van der Waals surface area contributed by atoms with Crippen LogP contribution in [0.4, 0.5) is 0 Å². The van der Waals surface area contributed by atoms with Crippen molar-refractivity contribution in [2.24, 2.45) is 53.3 Å². The molecule has 0 amide bonds. The highest BCUT2D eigenvalue weighted by Gasteiger charge is 2.61. The molecule has 1 nitrogen and oxygen atoms in total. The lowest BCUT2D eigenvalue weighted by atomic mass is 9.41. The second kappa shape index (κ2) is 7.99. The summed E-state index contributed by atoms with van der Waals surface area (Å²) in [6, 6.07) is 2.49. The van der Waals surface area contributed by atoms with Crippen molar-refractivity contribution >= 4 is 0 Å². The van der Waals surface area contributed by atoms with E-state index in [1.807, 2.05) is 11.1 Å². The van der Waals surface area contributed by atoms with Gasteiger partial charge in [-0.2, -0.15) is 0 Å². The van der Waals surface area contributed by atoms with Gasteiger partial charge in [-0.3, -0.25) is 0 Å². The summed E-state index contributed by atoms with van der Waals surface area (Å²) in [5.74, 6) is 9.34. The van der Waals surface area contributed by atoms with Crippen LogP contribution >= 0.6 is 0 Å². The van der Waals surface area contributed by atoms with Gasteiger partial charge in [0.25, 0.3) is 0 Å². The van der Waals surface area contributed by atoms with Gasteiger partial charge in [-0.1, -0.05) is 20.8 Å². The van der Waals surface area contributed by atoms with Crippen LogP contribution in [0.25, 0.3) is 0 Å². The van der Waals surface area contributed by atoms with E-state index in [2.05, 4.69) is 26.8 Å². The molecule has 12 saturated carbocycles. The monoisotopic (exact) mass is 552 g/mol. The first-order valence-corrected chi connectivity index (χ1v) is 18.5. The topological polar surface area (TPSA) is 20.2 Å². The highest BCUT2D eigenvalue weighted by atomic mass is 16.3. The number of rotatable bonds is 3. The molecule has 222 valence electrons. The number of benzene rings is 1. The standard InChI is InChI=1S/C40H56O/c1-37(2,3)35-33(41)13-32(38-14-23-4-24(15-38)6-25(5-23)16-38)34(39-17-26-7-27(18-39)9-28(8-26)19-39)36(35)40-20-29-10-30(21-40)12-31(11-29)22-40/h13,23-31,41H,4-12,14-22H2,1-3H3. The Hall–Kier alpha value is -0.980. The van der Waals surface area contributed by atoms with E-state index in [1.54, 1.807) is 5.56 Å². The van der Waals surface area contributed by atoms with Gasteiger partial charge in [0.05, 0.1) is 0 Å². The molecule has 12 bridgehead atoms. The van der Waals surface area contributed by atoms with Crippen LogP contribution in [-0.2, 0) is 21.7 Å². The number of phenols is 1. The third-order valence-electron chi connectivity index (χ3n) is 15.8. The Morgan fingerprint density at radius 3 is 1.10 bits per heavy atom. The number of hydrogen-bond donors (Lipinski definition) is 1. The van der Waals surface area contributed by atoms with Gasteiger partial charge in [-0.05, 0) is 213 Å². The Morgan fingerprint density at radius 1 is 0.488 bits per heavy atom. The van der Waals surface area contributed by atoms with Gasteiger partial charge in [0.1, 0.15) is 5.75 Å². The van der Waals surface area contributed by atoms with Gasteiger partial charge >= 0.3 is 0 Å². The maximum atomic E-state index is 12.4. The van der Waals surface area contributed by atoms with Gasteiger partial charge in [0.2, 0.25) is 0 Å². The van der Waals surface area contributed by atoms with Crippen molar-refractivity contribution in [1.82, 2.24) is 0 Å². The fourth-order valence-electron chi connectivity index (χ4n) is 16.2. The first-order chi connectivity index (χ1) is 19.6. The molecule has 0 saturated heterocycles. The van der Waals surface area contributed by atoms with E-state index in [0.29, 0.717) is 22.0 Å². The molecule has 1 N–H and O–H groups in total. The normalized spacial score (nSPS) is 52.1. The lowest BCUT2D eigenvalue weighted by molar-refractivity contribution is -0.0249. The summed E-state index contributed by atoms with van der Waals surface area (Å²) < 4.78 is 0. The van der Waals surface area contributed by atoms with Crippen LogP contribution in [0.5, 0.6) is 5.75 Å². The predicted octanol–water partition coefficient (Wildman–Crippen LogP) is 10.1. The van der Waals surface area contributed by atoms with Crippen LogP contribution in [-0.4, -0.2) is 5.11 Å². The predicted molar refractivity (Wildman–Crippen MR) is 166 cm³/mol. The molecule has 0 heterocycles. The summed E-state index contributed by atoms with van der Waals surface area (Å²) in [7, 11) is 0. The molecule has 12 aliphatic rings. The number of phenolic OH excluding ortho intramolecular Hbond substituents is 1. The molecule has 1 aromatic carbocycles. The van der Waals surface area contributed by atoms with Crippen molar-refractivity contribution in [1.29, 1.82) is 0 Å². The van der Waals surface area contributed by atoms with E-state index in [4.69, 9.17) is 0 Å². The minimum atomic E-state index is -0.0141. The van der Waals surface area contributed by atoms with Crippen molar-refractivity contribution in [3.8, 4) is 5.75 Å². The molecule has 0 atom stereocenters. The lowest BCUT2D eigenvalue weighted by Crippen LogP contribution is -2.55. The Bertz CT molecular complexity index is 1180. The Labute approximate surface area is 250 Å². The largest absolute Gasteiger partial charge is 0.508 e. The van der Waals surface area contributed by atoms with E-state index in [-0.39, 0.29) is 5.41 Å². The second-order valence-corrected chi connectivity index (χ2v) is 19.9. The maximum Gasteiger partial charge on any atom is 0.119 e. The maximum absolute atomic E-state index is 12.4. The van der Waals surface area contributed by atoms with Crippen molar-refractivity contribution in [3.63, 3.8) is 0 Å². The van der Waals surface area contributed by atoms with E-state index >= 15 is 0 Å². The SMILES string of the molecule is CC(C)(C)c1c(O)cc(C23CC4CC(CC(C4)C2)C3)c(C23CC4CC(CC(C4)C2)C3)c1C12CC3CC(CC(C3)C1)C2. The first kappa shape index (κ1) is 25.4. The summed E-state index contributed by atoms with van der Waals surface area (Å²) in [5.41, 5.74) is 8.03. The number of aromatic hydroxyl groups is 1. The van der Waals surface area contributed by atoms with Crippen molar-refractivity contribution in [3.05, 3.63) is 28.3 Å². The van der Waals surface area contributed by atoms with Gasteiger partial charge in [0, 0.05) is 5.56 Å². The summed E-state index contributed by atoms with van der Waals surface area (Å²) in [6.45, 7) is 7.33. The molecular formula is C40H56O. The van der Waals surface area contributed by atoms with Crippen LogP contribution in [0.15, 0.2) is 6.07 Å². The zero-order valence-electron chi connectivity index (χ0n) is 26.4. The summed E-state index contributed by atoms with van der Waals surface area (Å²) in [4.78, 5) is 0. The number of hydrogen-bond acceptors (Lipinski definition) is 1. The van der Waals surface area contributed by atoms with E-state index in [9.17, 15) is 5.11 Å². The molecule has 41 heavy (non-hydrogen) atoms. The zero-order chi connectivity index (χ0) is 27.5. The second-order valence-electron chi connectivity index (χ2n) is 19.9. The Morgan fingerprint density at radius 2 is 0.780 bits per heavy atom. The third kappa shape index (κ3) is 3.48. The van der Waals surface area contributed by atoms with Crippen LogP contribution < -0.4 is 0 Å². The van der Waals surface area contributed by atoms with E-state index in [1.165, 1.54) is 121 Å². The first-order valence-electron chi connectivity index (χ1n) is 18.5. The third-order valence-corrected chi connectivity index (χ3v) is 15.8. The highest BCUT2D eigenvalue weighted by molar-refractivity contribution is 5.61. The molecule has 1 aromatic rings. The quantitative estimate of drug-likeness (QED) is 0.395. The molecule has 13 rings (SSSR count). The molecule has 0 aliphatic heterocycles. The van der Waals surface area contributed by atoms with Crippen LogP contribution in [0, 0.1) is 53.3 Å². The Balaban J connectivity index is 1.28. The minimum Gasteiger partial charge on any atom is -0.508 e. The minimum absolute atomic E-state index is 0.0141. The average Bonchev–Trinajstić information content (AvgIpc) is 2.85. The highest BCUT2D eigenvalue weighted by Crippen LogP contribution is 2.70. The van der Waals surface area contributed by atoms with Crippen molar-refractivity contribution < 1.29 is 5.11 Å². The molecule has 12 fully saturated rings. The fourth-order valence-corrected chi connectivity index (χ4v) is 16.2. The van der Waals surface area contributed by atoms with E-state index in [0.717, 1.165) is 53.3 Å². The van der Waals surface area contributed by atoms with Crippen LogP contribution in [0.2, 0.25) is 0 Å². The van der Waals surface area contributed by atoms with Gasteiger partial charge in [-0.15, -0.1) is 0 Å². The van der Waals surface area contributed by atoms with Gasteiger partial charge < -0.3 is 5.11 Å². The molecule has 0 radical (unpaired) electrons. The summed E-state index contributed by atoms with van der Waals surface area (Å²) in [5, 5.41) is 12.4. The van der Waals surface area contributed by atoms with Crippen molar-refractivity contribution in [2.45, 2.75) is 158 Å². The van der Waals surface area contributed by atoms with Crippen LogP contribution in [0.1, 0.15) is 159 Å². The molecule has 0 spiro atoms. The van der Waals surface area contributed by atoms with Gasteiger partial charge in [-0.25, -0.2) is 0 Å². The molecule has 1 heteroatoms.